The third kappa shape index (κ3) is 5.06. The van der Waals surface area contributed by atoms with Gasteiger partial charge in [-0.2, -0.15) is 18.3 Å². The van der Waals surface area contributed by atoms with Gasteiger partial charge >= 0.3 is 12.0 Å². The van der Waals surface area contributed by atoms with Gasteiger partial charge in [-0.25, -0.2) is 0 Å². The molecule has 1 aromatic heterocycles. The van der Waals surface area contributed by atoms with E-state index in [1.807, 2.05) is 24.3 Å². The molecule has 0 saturated carbocycles. The second kappa shape index (κ2) is 10.1. The number of amides is 2. The molecule has 41 heavy (non-hydrogen) atoms. The number of fused-ring (bicyclic) bond motifs is 2. The average molecular weight is 567 g/mol. The largest absolute Gasteiger partial charge is 0.471 e. The molecule has 9 nitrogen and oxygen atoms in total. The molecule has 3 aromatic carbocycles. The van der Waals surface area contributed by atoms with Crippen molar-refractivity contribution in [3.05, 3.63) is 83.6 Å². The van der Waals surface area contributed by atoms with E-state index in [1.165, 1.54) is 12.1 Å². The number of morpholine rings is 1. The quantitative estimate of drug-likeness (QED) is 0.371. The molecule has 4 aromatic rings. The molecule has 2 aliphatic rings. The lowest BCUT2D eigenvalue weighted by atomic mass is 10.1. The fraction of sp³-hybridized carbons (Fsp3) is 0.276. The maximum absolute atomic E-state index is 14.3. The molecule has 212 valence electrons. The van der Waals surface area contributed by atoms with Crippen LogP contribution >= 0.6 is 0 Å². The number of nitrogens with one attached hydrogen (secondary N) is 1. The highest BCUT2D eigenvalue weighted by Crippen LogP contribution is 2.46. The molecule has 2 aliphatic heterocycles. The van der Waals surface area contributed by atoms with E-state index in [2.05, 4.69) is 15.2 Å². The Labute approximate surface area is 232 Å². The summed E-state index contributed by atoms with van der Waals surface area (Å²) in [4.78, 5) is 27.8. The monoisotopic (exact) mass is 566 g/mol. The number of halogens is 3. The number of rotatable bonds is 5. The lowest BCUT2D eigenvalue weighted by molar-refractivity contribution is -0.332. The Hall–Kier alpha value is -4.58. The smallest absolute Gasteiger partial charge is 0.445 e. The summed E-state index contributed by atoms with van der Waals surface area (Å²) in [5.41, 5.74) is 2.48. The van der Waals surface area contributed by atoms with Crippen LogP contribution in [0.4, 0.5) is 18.9 Å². The van der Waals surface area contributed by atoms with Gasteiger partial charge in [0.1, 0.15) is 0 Å². The van der Waals surface area contributed by atoms with Crippen LogP contribution < -0.4 is 14.8 Å². The summed E-state index contributed by atoms with van der Waals surface area (Å²) in [7, 11) is 0. The number of hydrogen-bond acceptors (Lipinski definition) is 6. The van der Waals surface area contributed by atoms with E-state index >= 15 is 0 Å². The number of benzene rings is 3. The molecule has 0 aliphatic carbocycles. The Balaban J connectivity index is 1.21. The summed E-state index contributed by atoms with van der Waals surface area (Å²) in [5, 5.41) is 7.80. The van der Waals surface area contributed by atoms with E-state index in [1.54, 1.807) is 33.8 Å². The minimum absolute atomic E-state index is 0.0488. The Kier molecular flexibility index (Phi) is 6.57. The Bertz CT molecular complexity index is 1630. The molecular formula is C29H25F3N4O5. The van der Waals surface area contributed by atoms with Gasteiger partial charge in [-0.3, -0.25) is 14.3 Å². The third-order valence-electron chi connectivity index (χ3n) is 6.97. The van der Waals surface area contributed by atoms with E-state index in [-0.39, 0.29) is 28.8 Å². The predicted molar refractivity (Wildman–Crippen MR) is 142 cm³/mol. The molecule has 1 fully saturated rings. The van der Waals surface area contributed by atoms with Crippen LogP contribution in [0.15, 0.2) is 66.7 Å². The molecule has 1 atom stereocenters. The summed E-state index contributed by atoms with van der Waals surface area (Å²) in [6.07, 6.45) is -4.17. The number of carbonyl (C=O) groups excluding carboxylic acids is 2. The Morgan fingerprint density at radius 1 is 0.951 bits per heavy atom. The van der Waals surface area contributed by atoms with Crippen LogP contribution in [0.25, 0.3) is 10.9 Å². The van der Waals surface area contributed by atoms with Crippen LogP contribution in [-0.4, -0.2) is 64.8 Å². The maximum Gasteiger partial charge on any atom is 0.471 e. The van der Waals surface area contributed by atoms with Crippen LogP contribution in [0.3, 0.4) is 0 Å². The number of nitrogens with zero attached hydrogens (tertiary/aromatic N) is 3. The van der Waals surface area contributed by atoms with Crippen molar-refractivity contribution < 1.29 is 37.0 Å². The summed E-state index contributed by atoms with van der Waals surface area (Å²) < 4.78 is 58.2. The molecule has 0 spiro atoms. The first-order chi connectivity index (χ1) is 19.6. The lowest BCUT2D eigenvalue weighted by Crippen LogP contribution is -2.53. The predicted octanol–water partition coefficient (Wildman–Crippen LogP) is 4.86. The topological polar surface area (TPSA) is 94.9 Å². The average Bonchev–Trinajstić information content (AvgIpc) is 3.32. The SMILES string of the molecule is CC1(F)Oc2cc(NC(=O)c3nn(Cc4ccc(C(=O)N5CCOCC5)cc4)c4ccccc34)ccc2OC1(F)F. The van der Waals surface area contributed by atoms with Crippen molar-refractivity contribution in [3.8, 4) is 11.5 Å². The zero-order valence-electron chi connectivity index (χ0n) is 21.9. The third-order valence-corrected chi connectivity index (χ3v) is 6.97. The highest BCUT2D eigenvalue weighted by Gasteiger charge is 2.60. The highest BCUT2D eigenvalue weighted by atomic mass is 19.3. The minimum atomic E-state index is -4.17. The molecular weight excluding hydrogens is 541 g/mol. The maximum atomic E-state index is 14.3. The van der Waals surface area contributed by atoms with Crippen molar-refractivity contribution in [3.63, 3.8) is 0 Å². The number of carbonyl (C=O) groups is 2. The Morgan fingerprint density at radius 2 is 1.68 bits per heavy atom. The van der Waals surface area contributed by atoms with E-state index in [0.717, 1.165) is 11.6 Å². The highest BCUT2D eigenvalue weighted by molar-refractivity contribution is 6.11. The number of ether oxygens (including phenoxy) is 3. The van der Waals surface area contributed by atoms with Crippen molar-refractivity contribution >= 4 is 28.4 Å². The van der Waals surface area contributed by atoms with Crippen molar-refractivity contribution in [2.45, 2.75) is 25.4 Å². The first-order valence-electron chi connectivity index (χ1n) is 12.9. The van der Waals surface area contributed by atoms with Gasteiger partial charge in [0.05, 0.1) is 25.3 Å². The second-order valence-corrected chi connectivity index (χ2v) is 9.88. The number of para-hydroxylation sites is 1. The molecule has 2 amide bonds. The van der Waals surface area contributed by atoms with Gasteiger partial charge < -0.3 is 24.4 Å². The first-order valence-corrected chi connectivity index (χ1v) is 12.9. The van der Waals surface area contributed by atoms with Crippen LogP contribution in [0.1, 0.15) is 33.3 Å². The van der Waals surface area contributed by atoms with Crippen molar-refractivity contribution in [2.75, 3.05) is 31.6 Å². The zero-order valence-corrected chi connectivity index (χ0v) is 21.9. The molecule has 1 unspecified atom stereocenters. The lowest BCUT2D eigenvalue weighted by Gasteiger charge is -2.35. The molecule has 12 heteroatoms. The van der Waals surface area contributed by atoms with Crippen molar-refractivity contribution in [1.29, 1.82) is 0 Å². The molecule has 3 heterocycles. The van der Waals surface area contributed by atoms with Crippen molar-refractivity contribution in [1.82, 2.24) is 14.7 Å². The summed E-state index contributed by atoms with van der Waals surface area (Å²) in [6, 6.07) is 18.2. The van der Waals surface area contributed by atoms with Crippen LogP contribution in [0.5, 0.6) is 11.5 Å². The van der Waals surface area contributed by atoms with Gasteiger partial charge in [-0.1, -0.05) is 30.3 Å². The normalized spacial score (nSPS) is 19.7. The number of anilines is 1. The van der Waals surface area contributed by atoms with Gasteiger partial charge in [-0.05, 0) is 35.9 Å². The van der Waals surface area contributed by atoms with Gasteiger partial charge in [0, 0.05) is 42.7 Å². The fourth-order valence-electron chi connectivity index (χ4n) is 4.73. The van der Waals surface area contributed by atoms with Gasteiger partial charge in [0.2, 0.25) is 0 Å². The summed E-state index contributed by atoms with van der Waals surface area (Å²) in [5.74, 6) is -4.62. The van der Waals surface area contributed by atoms with E-state index in [0.29, 0.717) is 56.2 Å². The number of aromatic nitrogens is 2. The number of hydrogen-bond donors (Lipinski definition) is 1. The molecule has 6 rings (SSSR count). The van der Waals surface area contributed by atoms with Gasteiger partial charge in [-0.15, -0.1) is 0 Å². The van der Waals surface area contributed by atoms with Crippen molar-refractivity contribution in [2.24, 2.45) is 0 Å². The minimum Gasteiger partial charge on any atom is -0.445 e. The van der Waals surface area contributed by atoms with Crippen LogP contribution in [0, 0.1) is 0 Å². The van der Waals surface area contributed by atoms with Gasteiger partial charge in [0.25, 0.3) is 11.8 Å². The fourth-order valence-corrected chi connectivity index (χ4v) is 4.73. The second-order valence-electron chi connectivity index (χ2n) is 9.88. The van der Waals surface area contributed by atoms with E-state index in [9.17, 15) is 22.8 Å². The molecule has 1 saturated heterocycles. The van der Waals surface area contributed by atoms with E-state index < -0.39 is 17.9 Å². The molecule has 1 N–H and O–H groups in total. The zero-order chi connectivity index (χ0) is 28.8. The number of alkyl halides is 3. The standard InChI is InChI=1S/C29H25F3N4O5/c1-28(30)29(31,32)41-23-11-10-20(16-24(23)40-28)33-26(37)25-21-4-2-3-5-22(21)36(34-25)17-18-6-8-19(9-7-18)27(38)35-12-14-39-15-13-35/h2-11,16H,12-15,17H2,1H3,(H,33,37). The van der Waals surface area contributed by atoms with Crippen LogP contribution in [0.2, 0.25) is 0 Å². The summed E-state index contributed by atoms with van der Waals surface area (Å²) in [6.45, 7) is 3.07. The Morgan fingerprint density at radius 3 is 2.44 bits per heavy atom. The molecule has 0 radical (unpaired) electrons. The van der Waals surface area contributed by atoms with Crippen LogP contribution in [-0.2, 0) is 11.3 Å². The van der Waals surface area contributed by atoms with Gasteiger partial charge in [0.15, 0.2) is 17.2 Å². The van der Waals surface area contributed by atoms with E-state index in [4.69, 9.17) is 9.47 Å². The summed E-state index contributed by atoms with van der Waals surface area (Å²) >= 11 is 0. The molecule has 0 bridgehead atoms. The first kappa shape index (κ1) is 26.6.